The summed E-state index contributed by atoms with van der Waals surface area (Å²) in [6, 6.07) is 17.6. The molecule has 0 amide bonds. The Morgan fingerprint density at radius 1 is 1.17 bits per heavy atom. The predicted octanol–water partition coefficient (Wildman–Crippen LogP) is 3.76. The molecular formula is C18H18N4OS. The maximum atomic E-state index is 6.00. The van der Waals surface area contributed by atoms with Crippen LogP contribution >= 0.6 is 11.8 Å². The minimum absolute atomic E-state index is 0.538. The van der Waals surface area contributed by atoms with Gasteiger partial charge >= 0.3 is 0 Å². The normalized spacial score (nSPS) is 11.5. The number of rotatable bonds is 5. The van der Waals surface area contributed by atoms with Gasteiger partial charge in [-0.25, -0.2) is 9.67 Å². The number of benzene rings is 2. The van der Waals surface area contributed by atoms with Crippen molar-refractivity contribution in [3.05, 3.63) is 72.6 Å². The van der Waals surface area contributed by atoms with Gasteiger partial charge in [-0.2, -0.15) is 5.10 Å². The minimum atomic E-state index is 0.538. The van der Waals surface area contributed by atoms with E-state index in [1.807, 2.05) is 53.3 Å². The molecule has 6 heteroatoms. The molecule has 0 aliphatic heterocycles. The largest absolute Gasteiger partial charge is 0.497 e. The van der Waals surface area contributed by atoms with Gasteiger partial charge in [0.25, 0.3) is 0 Å². The summed E-state index contributed by atoms with van der Waals surface area (Å²) >= 11 is 1.51. The number of hydrogen-bond donors (Lipinski definition) is 1. The van der Waals surface area contributed by atoms with Crippen molar-refractivity contribution in [2.45, 2.75) is 5.75 Å². The molecule has 1 heterocycles. The van der Waals surface area contributed by atoms with Gasteiger partial charge in [-0.3, -0.25) is 0 Å². The van der Waals surface area contributed by atoms with E-state index in [9.17, 15) is 0 Å². The summed E-state index contributed by atoms with van der Waals surface area (Å²) in [5.41, 5.74) is 9.03. The standard InChI is InChI=1S/C18H18N4OS/c1-23-17-9-5-15(6-10-17)21-18(19)24-13-14-3-7-16(8-4-14)22-12-2-11-20-22/h2-12H,13H2,1H3,(H2,19,21). The topological polar surface area (TPSA) is 65.4 Å². The zero-order valence-electron chi connectivity index (χ0n) is 13.3. The molecule has 0 aliphatic carbocycles. The highest BCUT2D eigenvalue weighted by Crippen LogP contribution is 2.20. The zero-order valence-corrected chi connectivity index (χ0v) is 14.1. The fourth-order valence-electron chi connectivity index (χ4n) is 2.14. The van der Waals surface area contributed by atoms with Crippen molar-refractivity contribution in [2.24, 2.45) is 10.7 Å². The van der Waals surface area contributed by atoms with Crippen LogP contribution in [0.4, 0.5) is 5.69 Å². The second-order valence-corrected chi connectivity index (χ2v) is 6.05. The molecule has 2 N–H and O–H groups in total. The van der Waals surface area contributed by atoms with Gasteiger partial charge in [0.15, 0.2) is 5.17 Å². The van der Waals surface area contributed by atoms with Gasteiger partial charge in [0.05, 0.1) is 18.5 Å². The van der Waals surface area contributed by atoms with Gasteiger partial charge < -0.3 is 10.5 Å². The first-order valence-corrected chi connectivity index (χ1v) is 8.43. The average Bonchev–Trinajstić information content (AvgIpc) is 3.16. The van der Waals surface area contributed by atoms with Gasteiger partial charge in [0.1, 0.15) is 5.75 Å². The lowest BCUT2D eigenvalue weighted by Gasteiger charge is -2.05. The number of nitrogens with two attached hydrogens (primary N) is 1. The third kappa shape index (κ3) is 4.17. The highest BCUT2D eigenvalue weighted by atomic mass is 32.2. The highest BCUT2D eigenvalue weighted by Gasteiger charge is 2.00. The molecule has 122 valence electrons. The van der Waals surface area contributed by atoms with Crippen LogP contribution in [-0.4, -0.2) is 22.1 Å². The number of amidine groups is 1. The Kier molecular flexibility index (Phi) is 5.18. The number of thioether (sulfide) groups is 1. The van der Waals surface area contributed by atoms with E-state index in [0.29, 0.717) is 5.17 Å². The summed E-state index contributed by atoms with van der Waals surface area (Å²) in [5, 5.41) is 4.75. The highest BCUT2D eigenvalue weighted by molar-refractivity contribution is 8.13. The molecule has 0 atom stereocenters. The molecule has 0 radical (unpaired) electrons. The van der Waals surface area contributed by atoms with Crippen LogP contribution in [0.1, 0.15) is 5.56 Å². The fraction of sp³-hybridized carbons (Fsp3) is 0.111. The molecule has 3 aromatic rings. The van der Waals surface area contributed by atoms with E-state index in [2.05, 4.69) is 22.2 Å². The summed E-state index contributed by atoms with van der Waals surface area (Å²) in [5.74, 6) is 1.57. The first-order valence-electron chi connectivity index (χ1n) is 7.44. The van der Waals surface area contributed by atoms with Crippen LogP contribution in [-0.2, 0) is 5.75 Å². The van der Waals surface area contributed by atoms with Crippen LogP contribution in [0.15, 0.2) is 72.0 Å². The third-order valence-corrected chi connectivity index (χ3v) is 4.27. The molecule has 24 heavy (non-hydrogen) atoms. The molecular weight excluding hydrogens is 320 g/mol. The van der Waals surface area contributed by atoms with Crippen LogP contribution in [0, 0.1) is 0 Å². The van der Waals surface area contributed by atoms with Crippen molar-refractivity contribution in [2.75, 3.05) is 7.11 Å². The van der Waals surface area contributed by atoms with E-state index in [1.165, 1.54) is 17.3 Å². The summed E-state index contributed by atoms with van der Waals surface area (Å²) in [6.07, 6.45) is 3.68. The van der Waals surface area contributed by atoms with E-state index in [1.54, 1.807) is 13.3 Å². The lowest BCUT2D eigenvalue weighted by molar-refractivity contribution is 0.415. The van der Waals surface area contributed by atoms with Crippen LogP contribution < -0.4 is 10.5 Å². The Labute approximate surface area is 145 Å². The molecule has 0 aliphatic rings. The van der Waals surface area contributed by atoms with Crippen LogP contribution in [0.25, 0.3) is 5.69 Å². The van der Waals surface area contributed by atoms with Crippen LogP contribution in [0.3, 0.4) is 0 Å². The lowest BCUT2D eigenvalue weighted by atomic mass is 10.2. The van der Waals surface area contributed by atoms with Gasteiger partial charge in [-0.1, -0.05) is 23.9 Å². The lowest BCUT2D eigenvalue weighted by Crippen LogP contribution is -2.06. The zero-order chi connectivity index (χ0) is 16.8. The molecule has 0 saturated carbocycles. The molecule has 0 fully saturated rings. The first-order chi connectivity index (χ1) is 11.7. The van der Waals surface area contributed by atoms with Gasteiger partial charge in [-0.15, -0.1) is 0 Å². The van der Waals surface area contributed by atoms with Crippen molar-refractivity contribution in [3.8, 4) is 11.4 Å². The number of ether oxygens (including phenoxy) is 1. The van der Waals surface area contributed by atoms with Crippen LogP contribution in [0.2, 0.25) is 0 Å². The molecule has 1 aromatic heterocycles. The minimum Gasteiger partial charge on any atom is -0.497 e. The number of methoxy groups -OCH3 is 1. The Bertz CT molecular complexity index is 796. The smallest absolute Gasteiger partial charge is 0.159 e. The number of nitrogens with zero attached hydrogens (tertiary/aromatic N) is 3. The van der Waals surface area contributed by atoms with Crippen molar-refractivity contribution < 1.29 is 4.74 Å². The van der Waals surface area contributed by atoms with E-state index >= 15 is 0 Å². The van der Waals surface area contributed by atoms with Gasteiger partial charge in [-0.05, 0) is 48.0 Å². The third-order valence-electron chi connectivity index (χ3n) is 3.40. The average molecular weight is 338 g/mol. The van der Waals surface area contributed by atoms with E-state index < -0.39 is 0 Å². The van der Waals surface area contributed by atoms with Gasteiger partial charge in [0, 0.05) is 18.1 Å². The first kappa shape index (κ1) is 16.1. The van der Waals surface area contributed by atoms with Crippen LogP contribution in [0.5, 0.6) is 5.75 Å². The van der Waals surface area contributed by atoms with E-state index in [0.717, 1.165) is 22.9 Å². The second kappa shape index (κ2) is 7.70. The van der Waals surface area contributed by atoms with Crippen molar-refractivity contribution >= 4 is 22.6 Å². The molecule has 0 unspecified atom stereocenters. The molecule has 0 saturated heterocycles. The number of aliphatic imine (C=N–C) groups is 1. The van der Waals surface area contributed by atoms with Crippen molar-refractivity contribution in [3.63, 3.8) is 0 Å². The maximum Gasteiger partial charge on any atom is 0.159 e. The Hall–Kier alpha value is -2.73. The molecule has 3 rings (SSSR count). The predicted molar refractivity (Wildman–Crippen MR) is 99.1 cm³/mol. The molecule has 0 spiro atoms. The van der Waals surface area contributed by atoms with Gasteiger partial charge in [0.2, 0.25) is 0 Å². The Morgan fingerprint density at radius 3 is 2.54 bits per heavy atom. The molecule has 0 bridgehead atoms. The monoisotopic (exact) mass is 338 g/mol. The molecule has 5 nitrogen and oxygen atoms in total. The summed E-state index contributed by atoms with van der Waals surface area (Å²) in [7, 11) is 1.64. The maximum absolute atomic E-state index is 6.00. The van der Waals surface area contributed by atoms with Crippen molar-refractivity contribution in [1.29, 1.82) is 0 Å². The van der Waals surface area contributed by atoms with E-state index in [-0.39, 0.29) is 0 Å². The fourth-order valence-corrected chi connectivity index (χ4v) is 2.82. The summed E-state index contributed by atoms with van der Waals surface area (Å²) in [4.78, 5) is 4.40. The SMILES string of the molecule is COc1ccc(N=C(N)SCc2ccc(-n3cccn3)cc2)cc1. The summed E-state index contributed by atoms with van der Waals surface area (Å²) in [6.45, 7) is 0. The second-order valence-electron chi connectivity index (χ2n) is 5.05. The van der Waals surface area contributed by atoms with Crippen molar-refractivity contribution in [1.82, 2.24) is 9.78 Å². The quantitative estimate of drug-likeness (QED) is 0.568. The Morgan fingerprint density at radius 2 is 1.92 bits per heavy atom. The summed E-state index contributed by atoms with van der Waals surface area (Å²) < 4.78 is 6.95. The number of hydrogen-bond acceptors (Lipinski definition) is 4. The number of aromatic nitrogens is 2. The Balaban J connectivity index is 1.59. The molecule has 2 aromatic carbocycles. The van der Waals surface area contributed by atoms with E-state index in [4.69, 9.17) is 10.5 Å².